The fourth-order valence-corrected chi connectivity index (χ4v) is 2.25. The van der Waals surface area contributed by atoms with Crippen molar-refractivity contribution in [3.05, 3.63) is 53.6 Å². The van der Waals surface area contributed by atoms with Crippen LogP contribution in [0.5, 0.6) is 11.5 Å². The molecule has 0 aromatic heterocycles. The van der Waals surface area contributed by atoms with Crippen molar-refractivity contribution in [3.63, 3.8) is 0 Å². The number of aliphatic imine (C=N–C) groups is 1. The second-order valence-corrected chi connectivity index (χ2v) is 5.56. The third-order valence-corrected chi connectivity index (χ3v) is 3.48. The van der Waals surface area contributed by atoms with Crippen LogP contribution in [0.4, 0.5) is 5.69 Å². The van der Waals surface area contributed by atoms with Crippen LogP contribution in [0, 0.1) is 6.92 Å². The van der Waals surface area contributed by atoms with Crippen LogP contribution in [-0.2, 0) is 6.42 Å². The van der Waals surface area contributed by atoms with Crippen molar-refractivity contribution in [2.24, 2.45) is 4.99 Å². The molecule has 0 fully saturated rings. The molecule has 0 aliphatic carbocycles. The predicted molar refractivity (Wildman–Crippen MR) is 86.3 cm³/mol. The van der Waals surface area contributed by atoms with E-state index in [9.17, 15) is 10.2 Å². The quantitative estimate of drug-likeness (QED) is 0.344. The zero-order chi connectivity index (χ0) is 15.2. The number of phenolic OH excluding ortho intramolecular Hbond substituents is 2. The second-order valence-electron chi connectivity index (χ2n) is 4.75. The van der Waals surface area contributed by atoms with Gasteiger partial charge < -0.3 is 0 Å². The molecule has 2 rings (SSSR count). The van der Waals surface area contributed by atoms with E-state index in [1.54, 1.807) is 12.1 Å². The maximum atomic E-state index is 9.42. The average Bonchev–Trinajstić information content (AvgIpc) is 2.45. The molecule has 0 spiro atoms. The van der Waals surface area contributed by atoms with Gasteiger partial charge in [-0.05, 0) is 0 Å². The summed E-state index contributed by atoms with van der Waals surface area (Å²) in [6.07, 6.45) is 0.689. The van der Waals surface area contributed by atoms with Crippen molar-refractivity contribution in [1.29, 1.82) is 0 Å². The summed E-state index contributed by atoms with van der Waals surface area (Å²) in [6.45, 7) is 2.63. The summed E-state index contributed by atoms with van der Waals surface area (Å²) in [6, 6.07) is 12.9. The van der Waals surface area contributed by atoms with Gasteiger partial charge in [-0.15, -0.1) is 0 Å². The van der Waals surface area contributed by atoms with Crippen molar-refractivity contribution < 1.29 is 10.2 Å². The number of aromatic hydroxyl groups is 2. The van der Waals surface area contributed by atoms with Crippen LogP contribution in [0.25, 0.3) is 0 Å². The number of hydrogen-bond acceptors (Lipinski definition) is 3. The molecule has 0 amide bonds. The molecular formula is C16H17N2O2Se. The van der Waals surface area contributed by atoms with Gasteiger partial charge in [0, 0.05) is 0 Å². The molecule has 1 radical (unpaired) electrons. The van der Waals surface area contributed by atoms with Crippen molar-refractivity contribution in [1.82, 2.24) is 0 Å². The molecule has 109 valence electrons. The molecule has 5 heteroatoms. The van der Waals surface area contributed by atoms with Gasteiger partial charge in [0.2, 0.25) is 0 Å². The van der Waals surface area contributed by atoms with E-state index in [0.717, 1.165) is 16.0 Å². The summed E-state index contributed by atoms with van der Waals surface area (Å²) in [5, 5.41) is 21.9. The number of nitrogens with zero attached hydrogens (tertiary/aromatic N) is 1. The zero-order valence-electron chi connectivity index (χ0n) is 11.7. The summed E-state index contributed by atoms with van der Waals surface area (Å²) in [7, 11) is 0. The molecule has 0 heterocycles. The van der Waals surface area contributed by atoms with Crippen LogP contribution in [-0.4, -0.2) is 37.5 Å². The minimum atomic E-state index is -0.104. The molecular weight excluding hydrogens is 331 g/mol. The molecule has 0 atom stereocenters. The van der Waals surface area contributed by atoms with Gasteiger partial charge in [-0.1, -0.05) is 0 Å². The molecule has 2 aromatic rings. The Bertz CT molecular complexity index is 639. The number of benzene rings is 2. The van der Waals surface area contributed by atoms with Gasteiger partial charge in [0.15, 0.2) is 0 Å². The van der Waals surface area contributed by atoms with Crippen molar-refractivity contribution in [3.8, 4) is 11.5 Å². The first-order chi connectivity index (χ1) is 10.0. The Hall–Kier alpha value is -1.97. The molecule has 0 saturated heterocycles. The molecule has 4 nitrogen and oxygen atoms in total. The standard InChI is InChI=1S/C16H17N2O2Se/c1-11-2-5-13(6-3-11)18-16(21)17-9-8-12-4-7-14(19)15(20)10-12/h2-7,10,19-20H,8-9H2,1H3,(H,17,18). The van der Waals surface area contributed by atoms with Gasteiger partial charge in [0.25, 0.3) is 0 Å². The number of amidine groups is 1. The van der Waals surface area contributed by atoms with E-state index in [1.165, 1.54) is 11.6 Å². The van der Waals surface area contributed by atoms with Gasteiger partial charge in [0.1, 0.15) is 0 Å². The summed E-state index contributed by atoms with van der Waals surface area (Å²) in [4.78, 5) is 4.40. The monoisotopic (exact) mass is 349 g/mol. The van der Waals surface area contributed by atoms with Crippen LogP contribution in [0.2, 0.25) is 0 Å². The Morgan fingerprint density at radius 1 is 1.10 bits per heavy atom. The molecule has 2 aromatic carbocycles. The van der Waals surface area contributed by atoms with E-state index in [-0.39, 0.29) is 11.5 Å². The number of nitrogens with one attached hydrogen (secondary N) is 1. The van der Waals surface area contributed by atoms with Crippen LogP contribution >= 0.6 is 0 Å². The first-order valence-electron chi connectivity index (χ1n) is 6.60. The first-order valence-corrected chi connectivity index (χ1v) is 7.46. The van der Waals surface area contributed by atoms with Gasteiger partial charge in [-0.3, -0.25) is 0 Å². The van der Waals surface area contributed by atoms with Crippen LogP contribution < -0.4 is 5.32 Å². The first kappa shape index (κ1) is 15.4. The van der Waals surface area contributed by atoms with Gasteiger partial charge in [-0.2, -0.15) is 0 Å². The van der Waals surface area contributed by atoms with Gasteiger partial charge >= 0.3 is 132 Å². The van der Waals surface area contributed by atoms with Crippen molar-refractivity contribution >= 4 is 26.4 Å². The van der Waals surface area contributed by atoms with E-state index < -0.39 is 0 Å². The number of hydrogen-bond donors (Lipinski definition) is 3. The Balaban J connectivity index is 1.88. The molecule has 0 saturated carbocycles. The molecule has 3 N–H and O–H groups in total. The Morgan fingerprint density at radius 3 is 2.48 bits per heavy atom. The molecule has 0 aliphatic rings. The fourth-order valence-electron chi connectivity index (χ4n) is 1.81. The summed E-state index contributed by atoms with van der Waals surface area (Å²) >= 11 is 2.90. The topological polar surface area (TPSA) is 64.9 Å². The Labute approximate surface area is 132 Å². The number of rotatable bonds is 4. The number of anilines is 1. The number of aryl methyl sites for hydroxylation is 1. The number of phenols is 2. The third kappa shape index (κ3) is 4.81. The van der Waals surface area contributed by atoms with E-state index in [0.29, 0.717) is 13.0 Å². The molecule has 0 unspecified atom stereocenters. The van der Waals surface area contributed by atoms with Crippen LogP contribution in [0.1, 0.15) is 11.1 Å². The SMILES string of the molecule is Cc1ccc(NC([Se])=NCCc2ccc(O)c(O)c2)cc1. The summed E-state index contributed by atoms with van der Waals surface area (Å²) < 4.78 is 0.724. The van der Waals surface area contributed by atoms with Gasteiger partial charge in [-0.25, -0.2) is 0 Å². The minimum absolute atomic E-state index is 0.0995. The summed E-state index contributed by atoms with van der Waals surface area (Å²) in [5.41, 5.74) is 3.13. The van der Waals surface area contributed by atoms with Crippen LogP contribution in [0.15, 0.2) is 47.5 Å². The predicted octanol–water partition coefficient (Wildman–Crippen LogP) is 2.59. The molecule has 21 heavy (non-hydrogen) atoms. The van der Waals surface area contributed by atoms with Crippen LogP contribution in [0.3, 0.4) is 0 Å². The second kappa shape index (κ2) is 7.16. The van der Waals surface area contributed by atoms with Crippen molar-refractivity contribution in [2.75, 3.05) is 11.9 Å². The zero-order valence-corrected chi connectivity index (χ0v) is 13.4. The van der Waals surface area contributed by atoms with Gasteiger partial charge in [0.05, 0.1) is 0 Å². The fraction of sp³-hybridized carbons (Fsp3) is 0.188. The van der Waals surface area contributed by atoms with E-state index >= 15 is 0 Å². The van der Waals surface area contributed by atoms with E-state index in [1.807, 2.05) is 31.2 Å². The maximum absolute atomic E-state index is 9.42. The molecule has 0 aliphatic heterocycles. The third-order valence-electron chi connectivity index (χ3n) is 3.00. The Kier molecular flexibility index (Phi) is 5.25. The van der Waals surface area contributed by atoms with E-state index in [2.05, 4.69) is 26.3 Å². The normalized spacial score (nSPS) is 11.4. The average molecular weight is 348 g/mol. The summed E-state index contributed by atoms with van der Waals surface area (Å²) in [5.74, 6) is -0.203. The van der Waals surface area contributed by atoms with E-state index in [4.69, 9.17) is 0 Å². The molecule has 0 bridgehead atoms. The van der Waals surface area contributed by atoms with Crippen molar-refractivity contribution in [2.45, 2.75) is 13.3 Å². The Morgan fingerprint density at radius 2 is 1.81 bits per heavy atom.